The molecule has 1 aliphatic heterocycles. The van der Waals surface area contributed by atoms with Gasteiger partial charge in [0, 0.05) is 35.4 Å². The van der Waals surface area contributed by atoms with Crippen LogP contribution in [0.2, 0.25) is 0 Å². The van der Waals surface area contributed by atoms with Crippen molar-refractivity contribution in [3.8, 4) is 17.2 Å². The second-order valence-electron chi connectivity index (χ2n) is 6.54. The molecule has 0 radical (unpaired) electrons. The second kappa shape index (κ2) is 7.61. The highest BCUT2D eigenvalue weighted by molar-refractivity contribution is 5.95. The Morgan fingerprint density at radius 3 is 2.36 bits per heavy atom. The van der Waals surface area contributed by atoms with Crippen LogP contribution in [0, 0.1) is 0 Å². The molecular weight excluding hydrogens is 350 g/mol. The third-order valence-corrected chi connectivity index (χ3v) is 4.78. The Morgan fingerprint density at radius 1 is 0.893 bits per heavy atom. The smallest absolute Gasteiger partial charge is 0.205 e. The molecule has 0 aliphatic carbocycles. The van der Waals surface area contributed by atoms with Crippen LogP contribution >= 0.6 is 0 Å². The van der Waals surface area contributed by atoms with Gasteiger partial charge in [0.2, 0.25) is 5.69 Å². The number of rotatable bonds is 4. The average molecular weight is 372 g/mol. The Bertz CT molecular complexity index is 1070. The van der Waals surface area contributed by atoms with Crippen molar-refractivity contribution in [2.24, 2.45) is 7.05 Å². The minimum Gasteiger partial charge on any atom is -0.497 e. The van der Waals surface area contributed by atoms with Gasteiger partial charge < -0.3 is 14.2 Å². The maximum absolute atomic E-state index is 6.22. The van der Waals surface area contributed by atoms with Gasteiger partial charge in [-0.2, -0.15) is 0 Å². The highest BCUT2D eigenvalue weighted by Crippen LogP contribution is 2.39. The highest BCUT2D eigenvalue weighted by Gasteiger charge is 2.20. The zero-order valence-electron chi connectivity index (χ0n) is 16.2. The van der Waals surface area contributed by atoms with Gasteiger partial charge >= 0.3 is 0 Å². The number of fused-ring (bicyclic) bond motifs is 1. The van der Waals surface area contributed by atoms with Crippen LogP contribution in [-0.4, -0.2) is 14.2 Å². The molecule has 1 aromatic heterocycles. The molecule has 0 unspecified atom stereocenters. The van der Waals surface area contributed by atoms with Gasteiger partial charge in [-0.1, -0.05) is 0 Å². The van der Waals surface area contributed by atoms with Crippen molar-refractivity contribution in [3.63, 3.8) is 0 Å². The number of aromatic nitrogens is 1. The molecule has 0 N–H and O–H groups in total. The van der Waals surface area contributed by atoms with Crippen LogP contribution in [0.3, 0.4) is 0 Å². The van der Waals surface area contributed by atoms with Gasteiger partial charge in [0.15, 0.2) is 6.20 Å². The first kappa shape index (κ1) is 17.9. The van der Waals surface area contributed by atoms with Gasteiger partial charge in [0.25, 0.3) is 0 Å². The van der Waals surface area contributed by atoms with Gasteiger partial charge in [-0.05, 0) is 54.1 Å². The van der Waals surface area contributed by atoms with E-state index in [2.05, 4.69) is 22.8 Å². The van der Waals surface area contributed by atoms with E-state index in [0.29, 0.717) is 0 Å². The number of hydrogen-bond donors (Lipinski definition) is 0. The number of ether oxygens (including phenoxy) is 3. The van der Waals surface area contributed by atoms with E-state index in [1.54, 1.807) is 14.2 Å². The van der Waals surface area contributed by atoms with Crippen molar-refractivity contribution in [3.05, 3.63) is 89.8 Å². The summed E-state index contributed by atoms with van der Waals surface area (Å²) >= 11 is 0. The fourth-order valence-corrected chi connectivity index (χ4v) is 3.18. The van der Waals surface area contributed by atoms with E-state index in [0.717, 1.165) is 45.4 Å². The highest BCUT2D eigenvalue weighted by atomic mass is 16.5. The molecule has 4 heteroatoms. The summed E-state index contributed by atoms with van der Waals surface area (Å²) in [6.45, 7) is 0. The monoisotopic (exact) mass is 372 g/mol. The van der Waals surface area contributed by atoms with Crippen LogP contribution in [-0.2, 0) is 7.05 Å². The van der Waals surface area contributed by atoms with Crippen molar-refractivity contribution in [2.45, 2.75) is 0 Å². The lowest BCUT2D eigenvalue weighted by atomic mass is 9.98. The lowest BCUT2D eigenvalue weighted by Gasteiger charge is -2.21. The summed E-state index contributed by atoms with van der Waals surface area (Å²) in [6, 6.07) is 19.9. The van der Waals surface area contributed by atoms with E-state index in [9.17, 15) is 0 Å². The standard InChI is InChI=1S/C24H22NO3/c1-25-13-5-4-6-19(25)14-18-15-23(17-7-9-20(26-2)10-8-17)28-24-16-21(27-3)11-12-22(18)24/h4-16H,1-3H3/q+1/b18-14+. The van der Waals surface area contributed by atoms with Gasteiger partial charge in [-0.25, -0.2) is 4.57 Å². The molecule has 0 amide bonds. The molecule has 0 fully saturated rings. The Hall–Kier alpha value is -3.53. The number of hydrogen-bond acceptors (Lipinski definition) is 3. The first-order chi connectivity index (χ1) is 13.7. The molecule has 2 heterocycles. The minimum atomic E-state index is 0.763. The number of pyridine rings is 1. The molecule has 0 saturated carbocycles. The number of methoxy groups -OCH3 is 2. The maximum atomic E-state index is 6.22. The van der Waals surface area contributed by atoms with E-state index >= 15 is 0 Å². The third kappa shape index (κ3) is 3.49. The summed E-state index contributed by atoms with van der Waals surface area (Å²) in [6.07, 6.45) is 6.27. The largest absolute Gasteiger partial charge is 0.497 e. The molecule has 0 saturated heterocycles. The summed E-state index contributed by atoms with van der Waals surface area (Å²) in [5.41, 5.74) is 4.20. The van der Waals surface area contributed by atoms with Gasteiger partial charge in [-0.15, -0.1) is 0 Å². The molecule has 2 aromatic carbocycles. The molecule has 4 nitrogen and oxygen atoms in total. The fourth-order valence-electron chi connectivity index (χ4n) is 3.18. The summed E-state index contributed by atoms with van der Waals surface area (Å²) in [5.74, 6) is 3.14. The molecule has 0 bridgehead atoms. The predicted octanol–water partition coefficient (Wildman–Crippen LogP) is 4.50. The quantitative estimate of drug-likeness (QED) is 0.632. The lowest BCUT2D eigenvalue weighted by Crippen LogP contribution is -2.30. The van der Waals surface area contributed by atoms with Crippen molar-refractivity contribution in [2.75, 3.05) is 14.2 Å². The van der Waals surface area contributed by atoms with Crippen molar-refractivity contribution < 1.29 is 18.8 Å². The Kier molecular flexibility index (Phi) is 4.85. The summed E-state index contributed by atoms with van der Waals surface area (Å²) < 4.78 is 19.0. The van der Waals surface area contributed by atoms with E-state index in [1.807, 2.05) is 67.8 Å². The average Bonchev–Trinajstić information content (AvgIpc) is 2.74. The predicted molar refractivity (Wildman–Crippen MR) is 110 cm³/mol. The zero-order chi connectivity index (χ0) is 19.5. The first-order valence-electron chi connectivity index (χ1n) is 9.06. The van der Waals surface area contributed by atoms with E-state index in [1.165, 1.54) is 0 Å². The molecule has 0 atom stereocenters. The Morgan fingerprint density at radius 2 is 1.64 bits per heavy atom. The van der Waals surface area contributed by atoms with Crippen molar-refractivity contribution in [1.29, 1.82) is 0 Å². The Balaban J connectivity index is 1.84. The molecule has 140 valence electrons. The normalized spacial score (nSPS) is 14.1. The van der Waals surface area contributed by atoms with Crippen LogP contribution in [0.4, 0.5) is 0 Å². The van der Waals surface area contributed by atoms with Crippen molar-refractivity contribution in [1.82, 2.24) is 0 Å². The summed E-state index contributed by atoms with van der Waals surface area (Å²) in [5, 5.41) is 0. The van der Waals surface area contributed by atoms with Gasteiger partial charge in [0.1, 0.15) is 30.1 Å². The van der Waals surface area contributed by atoms with Crippen LogP contribution in [0.1, 0.15) is 16.8 Å². The van der Waals surface area contributed by atoms with E-state index < -0.39 is 0 Å². The second-order valence-corrected chi connectivity index (χ2v) is 6.54. The maximum Gasteiger partial charge on any atom is 0.205 e. The molecular formula is C24H22NO3+. The molecule has 0 spiro atoms. The molecule has 1 aliphatic rings. The minimum absolute atomic E-state index is 0.763. The Labute approximate surface area is 164 Å². The first-order valence-corrected chi connectivity index (χ1v) is 9.06. The van der Waals surface area contributed by atoms with Crippen LogP contribution < -0.4 is 18.8 Å². The lowest BCUT2D eigenvalue weighted by molar-refractivity contribution is -0.673. The number of benzene rings is 2. The van der Waals surface area contributed by atoms with E-state index in [-0.39, 0.29) is 0 Å². The van der Waals surface area contributed by atoms with Crippen LogP contribution in [0.15, 0.2) is 72.9 Å². The fraction of sp³-hybridized carbons (Fsp3) is 0.125. The summed E-state index contributed by atoms with van der Waals surface area (Å²) in [7, 11) is 5.36. The van der Waals surface area contributed by atoms with Gasteiger partial charge in [0.05, 0.1) is 14.2 Å². The SMILES string of the molecule is COc1ccc(C2=C/C(=C\c3cccc[n+]3C)c3ccc(OC)cc3O2)cc1. The topological polar surface area (TPSA) is 31.6 Å². The van der Waals surface area contributed by atoms with Gasteiger partial charge in [-0.3, -0.25) is 0 Å². The van der Waals surface area contributed by atoms with Crippen molar-refractivity contribution >= 4 is 17.4 Å². The van der Waals surface area contributed by atoms with Crippen LogP contribution in [0.25, 0.3) is 17.4 Å². The molecule has 28 heavy (non-hydrogen) atoms. The molecule has 4 rings (SSSR count). The summed E-state index contributed by atoms with van der Waals surface area (Å²) in [4.78, 5) is 0. The third-order valence-electron chi connectivity index (χ3n) is 4.78. The number of nitrogens with zero attached hydrogens (tertiary/aromatic N) is 1. The number of aryl methyl sites for hydroxylation is 1. The molecule has 3 aromatic rings. The number of allylic oxidation sites excluding steroid dienone is 2. The van der Waals surface area contributed by atoms with E-state index in [4.69, 9.17) is 14.2 Å². The van der Waals surface area contributed by atoms with Crippen LogP contribution in [0.5, 0.6) is 17.2 Å². The zero-order valence-corrected chi connectivity index (χ0v) is 16.2.